The highest BCUT2D eigenvalue weighted by Gasteiger charge is 2.28. The molecular weight excluding hydrogens is 418 g/mol. The second-order valence-electron chi connectivity index (χ2n) is 7.15. The van der Waals surface area contributed by atoms with Crippen LogP contribution in [0.15, 0.2) is 82.6 Å². The van der Waals surface area contributed by atoms with E-state index in [1.165, 1.54) is 30.3 Å². The summed E-state index contributed by atoms with van der Waals surface area (Å²) in [6.45, 7) is 1.90. The van der Waals surface area contributed by atoms with Crippen LogP contribution in [0.1, 0.15) is 21.5 Å². The van der Waals surface area contributed by atoms with E-state index in [-0.39, 0.29) is 9.80 Å². The third-order valence-corrected chi connectivity index (χ3v) is 6.69. The fourth-order valence-corrected chi connectivity index (χ4v) is 4.40. The summed E-state index contributed by atoms with van der Waals surface area (Å²) in [5.74, 6) is -0.554. The summed E-state index contributed by atoms with van der Waals surface area (Å²) in [6, 6.07) is 20.0. The third kappa shape index (κ3) is 4.81. The van der Waals surface area contributed by atoms with E-state index < -0.39 is 15.6 Å². The van der Waals surface area contributed by atoms with E-state index in [9.17, 15) is 13.2 Å². The number of hydrogen-bond donors (Lipinski definition) is 0. The largest absolute Gasteiger partial charge is 0.378 e. The van der Waals surface area contributed by atoms with Gasteiger partial charge < -0.3 is 4.90 Å². The van der Waals surface area contributed by atoms with E-state index in [4.69, 9.17) is 11.6 Å². The lowest BCUT2D eigenvalue weighted by Crippen LogP contribution is -2.14. The smallest absolute Gasteiger partial charge is 0.210 e. The second kappa shape index (κ2) is 8.86. The minimum Gasteiger partial charge on any atom is -0.378 e. The Morgan fingerprint density at radius 2 is 1.43 bits per heavy atom. The molecule has 0 unspecified atom stereocenters. The predicted octanol–water partition coefficient (Wildman–Crippen LogP) is 5.41. The molecule has 0 spiro atoms. The van der Waals surface area contributed by atoms with Crippen molar-refractivity contribution in [3.8, 4) is 0 Å². The molecule has 30 heavy (non-hydrogen) atoms. The van der Waals surface area contributed by atoms with Crippen LogP contribution in [0.3, 0.4) is 0 Å². The number of carbonyl (C=O) groups excluding carboxylic acids is 1. The van der Waals surface area contributed by atoms with E-state index in [1.54, 1.807) is 36.4 Å². The first kappa shape index (κ1) is 21.8. The van der Waals surface area contributed by atoms with Gasteiger partial charge in [0.1, 0.15) is 4.91 Å². The van der Waals surface area contributed by atoms with E-state index in [0.29, 0.717) is 16.1 Å². The highest BCUT2D eigenvalue weighted by atomic mass is 35.5. The number of rotatable bonds is 6. The zero-order valence-electron chi connectivity index (χ0n) is 17.0. The Kier molecular flexibility index (Phi) is 6.44. The topological polar surface area (TPSA) is 54.5 Å². The maximum Gasteiger partial charge on any atom is 0.210 e. The number of anilines is 1. The molecule has 0 amide bonds. The van der Waals surface area contributed by atoms with Gasteiger partial charge in [-0.1, -0.05) is 53.6 Å². The number of Topliss-reactive ketones (excluding diaryl/α,β-unsaturated/α-hetero) is 1. The molecule has 6 heteroatoms. The normalized spacial score (nSPS) is 11.9. The first-order chi connectivity index (χ1) is 14.2. The maximum absolute atomic E-state index is 13.4. The molecule has 0 radical (unpaired) electrons. The highest BCUT2D eigenvalue weighted by Crippen LogP contribution is 2.27. The van der Waals surface area contributed by atoms with E-state index >= 15 is 0 Å². The molecule has 0 saturated heterocycles. The number of ketones is 1. The Labute approximate surface area is 182 Å². The molecule has 0 atom stereocenters. The van der Waals surface area contributed by atoms with Gasteiger partial charge >= 0.3 is 0 Å². The van der Waals surface area contributed by atoms with Crippen LogP contribution in [-0.4, -0.2) is 28.3 Å². The molecule has 0 aliphatic rings. The maximum atomic E-state index is 13.4. The van der Waals surface area contributed by atoms with Gasteiger partial charge in [-0.3, -0.25) is 4.79 Å². The predicted molar refractivity (Wildman–Crippen MR) is 123 cm³/mol. The van der Waals surface area contributed by atoms with Crippen molar-refractivity contribution in [3.63, 3.8) is 0 Å². The standard InChI is InChI=1S/C24H22ClNO3S/c1-17-4-8-19(9-5-17)24(27)23(16-18-6-12-21(13-7-18)26(2)3)30(28,29)22-14-10-20(25)11-15-22/h4-16H,1-3H3/b23-16+. The van der Waals surface area contributed by atoms with Gasteiger partial charge in [0.25, 0.3) is 0 Å². The average molecular weight is 440 g/mol. The Hall–Kier alpha value is -2.89. The molecule has 3 aromatic rings. The molecule has 0 aliphatic heterocycles. The summed E-state index contributed by atoms with van der Waals surface area (Å²) in [4.78, 5) is 14.9. The quantitative estimate of drug-likeness (QED) is 0.380. The molecule has 154 valence electrons. The SMILES string of the molecule is Cc1ccc(C(=O)/C(=C\c2ccc(N(C)C)cc2)S(=O)(=O)c2ccc(Cl)cc2)cc1. The number of nitrogens with zero attached hydrogens (tertiary/aromatic N) is 1. The summed E-state index contributed by atoms with van der Waals surface area (Å²) in [5.41, 5.74) is 2.89. The lowest BCUT2D eigenvalue weighted by atomic mass is 10.1. The van der Waals surface area contributed by atoms with Gasteiger partial charge in [0, 0.05) is 30.4 Å². The van der Waals surface area contributed by atoms with Crippen molar-refractivity contribution in [2.24, 2.45) is 0 Å². The molecule has 0 aromatic heterocycles. The van der Waals surface area contributed by atoms with Crippen LogP contribution >= 0.6 is 11.6 Å². The molecule has 0 saturated carbocycles. The minimum atomic E-state index is -4.06. The molecule has 3 aromatic carbocycles. The zero-order chi connectivity index (χ0) is 21.9. The fraction of sp³-hybridized carbons (Fsp3) is 0.125. The Balaban J connectivity index is 2.13. The van der Waals surface area contributed by atoms with Gasteiger partial charge in [0.05, 0.1) is 4.90 Å². The zero-order valence-corrected chi connectivity index (χ0v) is 18.5. The Bertz CT molecular complexity index is 1180. The first-order valence-corrected chi connectivity index (χ1v) is 11.2. The molecule has 0 bridgehead atoms. The lowest BCUT2D eigenvalue weighted by molar-refractivity contribution is 0.104. The van der Waals surface area contributed by atoms with Crippen molar-refractivity contribution in [2.45, 2.75) is 11.8 Å². The van der Waals surface area contributed by atoms with Gasteiger partial charge in [0.15, 0.2) is 0 Å². The number of allylic oxidation sites excluding steroid dienone is 1. The van der Waals surface area contributed by atoms with Crippen LogP contribution in [0.4, 0.5) is 5.69 Å². The number of sulfone groups is 1. The number of carbonyl (C=O) groups is 1. The van der Waals surface area contributed by atoms with Crippen LogP contribution in [0, 0.1) is 6.92 Å². The molecule has 3 rings (SSSR count). The van der Waals surface area contributed by atoms with Crippen LogP contribution in [0.5, 0.6) is 0 Å². The second-order valence-corrected chi connectivity index (χ2v) is 9.50. The van der Waals surface area contributed by atoms with E-state index in [0.717, 1.165) is 11.3 Å². The van der Waals surface area contributed by atoms with Gasteiger partial charge in [-0.05, 0) is 55.0 Å². The van der Waals surface area contributed by atoms with Gasteiger partial charge in [0.2, 0.25) is 15.6 Å². The van der Waals surface area contributed by atoms with Crippen molar-refractivity contribution in [1.82, 2.24) is 0 Å². The third-order valence-electron chi connectivity index (χ3n) is 4.66. The van der Waals surface area contributed by atoms with Crippen LogP contribution in [0.25, 0.3) is 6.08 Å². The number of aryl methyl sites for hydroxylation is 1. The Morgan fingerprint density at radius 1 is 0.867 bits per heavy atom. The molecule has 0 N–H and O–H groups in total. The number of hydrogen-bond acceptors (Lipinski definition) is 4. The van der Waals surface area contributed by atoms with Crippen molar-refractivity contribution in [2.75, 3.05) is 19.0 Å². The lowest BCUT2D eigenvalue weighted by Gasteiger charge is -2.13. The summed E-state index contributed by atoms with van der Waals surface area (Å²) in [6.07, 6.45) is 1.42. The number of benzene rings is 3. The Morgan fingerprint density at radius 3 is 1.97 bits per heavy atom. The first-order valence-electron chi connectivity index (χ1n) is 9.29. The minimum absolute atomic E-state index is 0.0172. The van der Waals surface area contributed by atoms with Gasteiger partial charge in [-0.25, -0.2) is 8.42 Å². The van der Waals surface area contributed by atoms with E-state index in [1.807, 2.05) is 38.1 Å². The van der Waals surface area contributed by atoms with Crippen molar-refractivity contribution in [3.05, 3.63) is 99.4 Å². The van der Waals surface area contributed by atoms with Crippen molar-refractivity contribution in [1.29, 1.82) is 0 Å². The summed E-state index contributed by atoms with van der Waals surface area (Å²) >= 11 is 5.90. The average Bonchev–Trinajstić information content (AvgIpc) is 2.72. The van der Waals surface area contributed by atoms with Crippen LogP contribution < -0.4 is 4.90 Å². The van der Waals surface area contributed by atoms with Gasteiger partial charge in [-0.15, -0.1) is 0 Å². The molecule has 0 aliphatic carbocycles. The van der Waals surface area contributed by atoms with Crippen LogP contribution in [0.2, 0.25) is 5.02 Å². The molecule has 0 heterocycles. The van der Waals surface area contributed by atoms with Crippen molar-refractivity contribution < 1.29 is 13.2 Å². The number of halogens is 1. The summed E-state index contributed by atoms with van der Waals surface area (Å²) in [7, 11) is -0.220. The summed E-state index contributed by atoms with van der Waals surface area (Å²) in [5, 5.41) is 0.420. The molecule has 0 fully saturated rings. The summed E-state index contributed by atoms with van der Waals surface area (Å²) < 4.78 is 26.7. The fourth-order valence-electron chi connectivity index (χ4n) is 2.87. The van der Waals surface area contributed by atoms with Crippen molar-refractivity contribution >= 4 is 39.0 Å². The molecular formula is C24H22ClNO3S. The van der Waals surface area contributed by atoms with Crippen LogP contribution in [-0.2, 0) is 9.84 Å². The highest BCUT2D eigenvalue weighted by molar-refractivity contribution is 7.96. The van der Waals surface area contributed by atoms with E-state index in [2.05, 4.69) is 0 Å². The monoisotopic (exact) mass is 439 g/mol. The van der Waals surface area contributed by atoms with Gasteiger partial charge in [-0.2, -0.15) is 0 Å². The molecule has 4 nitrogen and oxygen atoms in total.